The van der Waals surface area contributed by atoms with E-state index in [1.54, 1.807) is 0 Å². The van der Waals surface area contributed by atoms with Crippen LogP contribution in [0.3, 0.4) is 0 Å². The van der Waals surface area contributed by atoms with Crippen molar-refractivity contribution in [3.63, 3.8) is 0 Å². The van der Waals surface area contributed by atoms with E-state index in [9.17, 15) is 4.79 Å². The Morgan fingerprint density at radius 3 is 2.66 bits per heavy atom. The lowest BCUT2D eigenvalue weighted by Crippen LogP contribution is -2.22. The molecule has 6 heteroatoms. The van der Waals surface area contributed by atoms with Crippen molar-refractivity contribution in [1.29, 1.82) is 0 Å². The summed E-state index contributed by atoms with van der Waals surface area (Å²) in [6.45, 7) is -0.0553. The van der Waals surface area contributed by atoms with E-state index in [1.165, 1.54) is 0 Å². The predicted molar refractivity (Wildman–Crippen MR) is 117 cm³/mol. The van der Waals surface area contributed by atoms with Crippen LogP contribution in [-0.4, -0.2) is 22.3 Å². The minimum absolute atomic E-state index is 0.0553. The largest absolute Gasteiger partial charge is 0.484 e. The molecule has 3 aromatic carbocycles. The van der Waals surface area contributed by atoms with Gasteiger partial charge in [0.1, 0.15) is 11.6 Å². The number of amides is 1. The zero-order valence-corrected chi connectivity index (χ0v) is 16.5. The average Bonchev–Trinajstić information content (AvgIpc) is 3.35. The molecule has 29 heavy (non-hydrogen) atoms. The number of para-hydroxylation sites is 1. The molecule has 0 fully saturated rings. The van der Waals surface area contributed by atoms with Gasteiger partial charge in [-0.2, -0.15) is 16.9 Å². The number of ether oxygens (including phenoxy) is 1. The summed E-state index contributed by atoms with van der Waals surface area (Å²) in [5.74, 6) is 2.93. The number of aromatic nitrogens is 2. The number of anilines is 1. The van der Waals surface area contributed by atoms with Crippen LogP contribution in [0.4, 0.5) is 5.82 Å². The molecule has 0 saturated carbocycles. The number of hydrogen-bond acceptors (Lipinski definition) is 4. The summed E-state index contributed by atoms with van der Waals surface area (Å²) < 4.78 is 7.56. The van der Waals surface area contributed by atoms with Gasteiger partial charge in [-0.25, -0.2) is 4.68 Å². The Morgan fingerprint density at radius 2 is 1.79 bits per heavy atom. The second-order valence-corrected chi connectivity index (χ2v) is 7.85. The van der Waals surface area contributed by atoms with Gasteiger partial charge in [-0.05, 0) is 35.0 Å². The molecule has 4 aromatic rings. The fraction of sp³-hybridized carbons (Fsp3) is 0.130. The molecule has 1 aliphatic heterocycles. The third-order valence-electron chi connectivity index (χ3n) is 4.90. The van der Waals surface area contributed by atoms with Crippen LogP contribution >= 0.6 is 11.8 Å². The van der Waals surface area contributed by atoms with Gasteiger partial charge in [-0.15, -0.1) is 0 Å². The number of carbonyl (C=O) groups is 1. The number of thioether (sulfide) groups is 1. The van der Waals surface area contributed by atoms with E-state index in [4.69, 9.17) is 9.84 Å². The Labute approximate surface area is 172 Å². The number of benzene rings is 3. The second kappa shape index (κ2) is 7.64. The summed E-state index contributed by atoms with van der Waals surface area (Å²) in [6, 6.07) is 23.8. The highest BCUT2D eigenvalue weighted by Crippen LogP contribution is 2.36. The first-order valence-electron chi connectivity index (χ1n) is 9.43. The molecule has 0 aliphatic carbocycles. The SMILES string of the molecule is O=C(COc1ccc2ccccc2c1)Nc1c2c(nn1-c1ccccc1)CSC2. The van der Waals surface area contributed by atoms with E-state index < -0.39 is 0 Å². The molecule has 0 unspecified atom stereocenters. The first kappa shape index (κ1) is 17.8. The number of nitrogens with zero attached hydrogens (tertiary/aromatic N) is 2. The third-order valence-corrected chi connectivity index (χ3v) is 5.87. The van der Waals surface area contributed by atoms with Gasteiger partial charge in [0, 0.05) is 17.1 Å². The van der Waals surface area contributed by atoms with E-state index in [2.05, 4.69) is 11.4 Å². The molecule has 0 saturated heterocycles. The molecular formula is C23H19N3O2S. The number of hydrogen-bond donors (Lipinski definition) is 1. The summed E-state index contributed by atoms with van der Waals surface area (Å²) >= 11 is 1.81. The molecule has 0 atom stereocenters. The van der Waals surface area contributed by atoms with Crippen molar-refractivity contribution in [2.45, 2.75) is 11.5 Å². The van der Waals surface area contributed by atoms with Gasteiger partial charge in [0.05, 0.1) is 11.4 Å². The number of nitrogens with one attached hydrogen (secondary N) is 1. The zero-order valence-electron chi connectivity index (χ0n) is 15.7. The lowest BCUT2D eigenvalue weighted by Gasteiger charge is -2.12. The minimum atomic E-state index is -0.199. The van der Waals surface area contributed by atoms with Gasteiger partial charge in [0.2, 0.25) is 0 Å². The second-order valence-electron chi connectivity index (χ2n) is 6.86. The van der Waals surface area contributed by atoms with E-state index in [1.807, 2.05) is 83.2 Å². The normalized spacial score (nSPS) is 12.7. The first-order valence-corrected chi connectivity index (χ1v) is 10.6. The maximum Gasteiger partial charge on any atom is 0.263 e. The van der Waals surface area contributed by atoms with Crippen molar-refractivity contribution in [1.82, 2.24) is 9.78 Å². The van der Waals surface area contributed by atoms with Crippen LogP contribution in [0.2, 0.25) is 0 Å². The summed E-state index contributed by atoms with van der Waals surface area (Å²) in [5.41, 5.74) is 3.06. The highest BCUT2D eigenvalue weighted by Gasteiger charge is 2.24. The first-order chi connectivity index (χ1) is 14.3. The van der Waals surface area contributed by atoms with E-state index in [0.29, 0.717) is 5.75 Å². The highest BCUT2D eigenvalue weighted by atomic mass is 32.2. The molecule has 1 aromatic heterocycles. The van der Waals surface area contributed by atoms with Gasteiger partial charge in [-0.3, -0.25) is 4.79 Å². The van der Waals surface area contributed by atoms with Crippen LogP contribution in [-0.2, 0) is 16.3 Å². The molecule has 144 valence electrons. The Hall–Kier alpha value is -3.25. The van der Waals surface area contributed by atoms with Crippen LogP contribution in [0.15, 0.2) is 72.8 Å². The summed E-state index contributed by atoms with van der Waals surface area (Å²) in [4.78, 5) is 12.6. The predicted octanol–water partition coefficient (Wildman–Crippen LogP) is 4.79. The molecule has 1 N–H and O–H groups in total. The van der Waals surface area contributed by atoms with Crippen LogP contribution in [0.25, 0.3) is 16.5 Å². The van der Waals surface area contributed by atoms with Crippen molar-refractivity contribution in [3.8, 4) is 11.4 Å². The molecule has 5 nitrogen and oxygen atoms in total. The van der Waals surface area contributed by atoms with Gasteiger partial charge < -0.3 is 10.1 Å². The Balaban J connectivity index is 1.34. The van der Waals surface area contributed by atoms with Crippen LogP contribution in [0.5, 0.6) is 5.75 Å². The lowest BCUT2D eigenvalue weighted by molar-refractivity contribution is -0.118. The van der Waals surface area contributed by atoms with Crippen molar-refractivity contribution >= 4 is 34.3 Å². The Kier molecular flexibility index (Phi) is 4.69. The molecule has 5 rings (SSSR count). The maximum atomic E-state index is 12.6. The molecule has 2 heterocycles. The number of fused-ring (bicyclic) bond motifs is 2. The molecule has 0 radical (unpaired) electrons. The summed E-state index contributed by atoms with van der Waals surface area (Å²) in [7, 11) is 0. The van der Waals surface area contributed by atoms with Crippen LogP contribution in [0.1, 0.15) is 11.3 Å². The van der Waals surface area contributed by atoms with Gasteiger partial charge in [0.15, 0.2) is 6.61 Å². The van der Waals surface area contributed by atoms with E-state index >= 15 is 0 Å². The fourth-order valence-electron chi connectivity index (χ4n) is 3.47. The quantitative estimate of drug-likeness (QED) is 0.522. The number of rotatable bonds is 5. The molecule has 0 spiro atoms. The number of carbonyl (C=O) groups excluding carboxylic acids is 1. The summed E-state index contributed by atoms with van der Waals surface area (Å²) in [6.07, 6.45) is 0. The third kappa shape index (κ3) is 3.59. The Morgan fingerprint density at radius 1 is 1.00 bits per heavy atom. The zero-order chi connectivity index (χ0) is 19.6. The molecule has 0 bridgehead atoms. The topological polar surface area (TPSA) is 56.1 Å². The molecule has 1 aliphatic rings. The summed E-state index contributed by atoms with van der Waals surface area (Å²) in [5, 5.41) is 9.96. The van der Waals surface area contributed by atoms with Crippen LogP contribution < -0.4 is 10.1 Å². The van der Waals surface area contributed by atoms with Crippen molar-refractivity contribution in [2.75, 3.05) is 11.9 Å². The van der Waals surface area contributed by atoms with Crippen molar-refractivity contribution < 1.29 is 9.53 Å². The smallest absolute Gasteiger partial charge is 0.263 e. The van der Waals surface area contributed by atoms with Gasteiger partial charge in [0.25, 0.3) is 5.91 Å². The molecule has 1 amide bonds. The standard InChI is InChI=1S/C23H19N3O2S/c27-22(13-28-19-11-10-16-6-4-5-7-17(16)12-19)24-23-20-14-29-15-21(20)25-26(23)18-8-2-1-3-9-18/h1-12H,13-15H2,(H,24,27). The average molecular weight is 401 g/mol. The minimum Gasteiger partial charge on any atom is -0.484 e. The van der Waals surface area contributed by atoms with Crippen LogP contribution in [0, 0.1) is 0 Å². The molecular weight excluding hydrogens is 382 g/mol. The highest BCUT2D eigenvalue weighted by molar-refractivity contribution is 7.98. The van der Waals surface area contributed by atoms with E-state index in [0.717, 1.165) is 45.0 Å². The Bertz CT molecular complexity index is 1190. The van der Waals surface area contributed by atoms with Crippen molar-refractivity contribution in [3.05, 3.63) is 84.1 Å². The van der Waals surface area contributed by atoms with Crippen molar-refractivity contribution in [2.24, 2.45) is 0 Å². The van der Waals surface area contributed by atoms with E-state index in [-0.39, 0.29) is 12.5 Å². The fourth-order valence-corrected chi connectivity index (χ4v) is 4.51. The maximum absolute atomic E-state index is 12.6. The lowest BCUT2D eigenvalue weighted by atomic mass is 10.1. The monoisotopic (exact) mass is 401 g/mol. The van der Waals surface area contributed by atoms with Gasteiger partial charge >= 0.3 is 0 Å². The van der Waals surface area contributed by atoms with Gasteiger partial charge in [-0.1, -0.05) is 48.5 Å².